The van der Waals surface area contributed by atoms with Gasteiger partial charge in [0.05, 0.1) is 0 Å². The Balaban J connectivity index is 2.05. The molecule has 1 unspecified atom stereocenters. The molecule has 7 heteroatoms. The third-order valence-electron chi connectivity index (χ3n) is 3.99. The summed E-state index contributed by atoms with van der Waals surface area (Å²) >= 11 is 1.44. The predicted molar refractivity (Wildman–Crippen MR) is 101 cm³/mol. The van der Waals surface area contributed by atoms with Crippen molar-refractivity contribution in [2.45, 2.75) is 24.6 Å². The van der Waals surface area contributed by atoms with Crippen molar-refractivity contribution in [1.29, 1.82) is 0 Å². The summed E-state index contributed by atoms with van der Waals surface area (Å²) in [6.45, 7) is 1.83. The van der Waals surface area contributed by atoms with Crippen LogP contribution in [0.2, 0.25) is 0 Å². The monoisotopic (exact) mass is 373 g/mol. The molecule has 1 atom stereocenters. The number of nitrogens with two attached hydrogens (primary N) is 1. The van der Waals surface area contributed by atoms with Crippen molar-refractivity contribution in [3.05, 3.63) is 71.5 Å². The number of hydrazone groups is 1. The van der Waals surface area contributed by atoms with E-state index in [0.29, 0.717) is 30.0 Å². The van der Waals surface area contributed by atoms with Gasteiger partial charge in [0.2, 0.25) is 0 Å². The highest BCUT2D eigenvalue weighted by molar-refractivity contribution is 8.15. The number of nitrogens with zero attached hydrogens (tertiary/aromatic N) is 2. The van der Waals surface area contributed by atoms with Crippen molar-refractivity contribution >= 4 is 22.8 Å². The summed E-state index contributed by atoms with van der Waals surface area (Å²) in [4.78, 5) is 16.3. The van der Waals surface area contributed by atoms with Gasteiger partial charge in [-0.1, -0.05) is 54.2 Å². The van der Waals surface area contributed by atoms with Crippen LogP contribution in [0.4, 0.5) is 4.39 Å². The smallest absolute Gasteiger partial charge is 0.330 e. The van der Waals surface area contributed by atoms with Crippen LogP contribution in [0.3, 0.4) is 0 Å². The lowest BCUT2D eigenvalue weighted by Gasteiger charge is -2.34. The average molecular weight is 373 g/mol. The van der Waals surface area contributed by atoms with Crippen LogP contribution in [0.1, 0.15) is 30.9 Å². The molecule has 3 rings (SSSR count). The molecule has 26 heavy (non-hydrogen) atoms. The molecule has 2 aromatic rings. The van der Waals surface area contributed by atoms with Crippen LogP contribution >= 0.6 is 11.8 Å². The van der Waals surface area contributed by atoms with Crippen molar-refractivity contribution in [2.75, 3.05) is 6.54 Å². The van der Waals surface area contributed by atoms with Gasteiger partial charge in [0.15, 0.2) is 4.87 Å². The van der Waals surface area contributed by atoms with Gasteiger partial charge in [-0.05, 0) is 37.1 Å². The van der Waals surface area contributed by atoms with E-state index in [-0.39, 0.29) is 5.82 Å². The normalized spacial score (nSPS) is 19.3. The molecular weight excluding hydrogens is 353 g/mol. The molecule has 2 aromatic carbocycles. The van der Waals surface area contributed by atoms with Crippen LogP contribution in [0, 0.1) is 5.82 Å². The third kappa shape index (κ3) is 3.73. The van der Waals surface area contributed by atoms with Crippen molar-refractivity contribution < 1.29 is 14.0 Å². The van der Waals surface area contributed by atoms with Crippen LogP contribution in [0.25, 0.3) is 0 Å². The first-order valence-electron chi connectivity index (χ1n) is 8.33. The van der Waals surface area contributed by atoms with Crippen molar-refractivity contribution in [1.82, 2.24) is 5.17 Å². The van der Waals surface area contributed by atoms with Gasteiger partial charge in [0, 0.05) is 12.5 Å². The number of benzene rings is 2. The fourth-order valence-corrected chi connectivity index (χ4v) is 4.17. The summed E-state index contributed by atoms with van der Waals surface area (Å²) in [7, 11) is 0. The number of hydrogen-bond acceptors (Lipinski definition) is 6. The Labute approximate surface area is 156 Å². The zero-order chi connectivity index (χ0) is 18.6. The molecule has 1 heterocycles. The molecule has 0 radical (unpaired) electrons. The zero-order valence-electron chi connectivity index (χ0n) is 14.4. The summed E-state index contributed by atoms with van der Waals surface area (Å²) in [5.74, 6) is -0.813. The van der Waals surface area contributed by atoms with E-state index in [1.807, 2.05) is 30.3 Å². The van der Waals surface area contributed by atoms with E-state index in [4.69, 9.17) is 10.6 Å². The van der Waals surface area contributed by atoms with Crippen LogP contribution < -0.4 is 5.73 Å². The lowest BCUT2D eigenvalue weighted by molar-refractivity contribution is -0.206. The maximum atomic E-state index is 13.7. The Kier molecular flexibility index (Phi) is 5.58. The Morgan fingerprint density at radius 2 is 2.04 bits per heavy atom. The van der Waals surface area contributed by atoms with Gasteiger partial charge in [-0.2, -0.15) is 0 Å². The highest BCUT2D eigenvalue weighted by Gasteiger charge is 2.47. The summed E-state index contributed by atoms with van der Waals surface area (Å²) in [6.07, 6.45) is 1.33. The second-order valence-electron chi connectivity index (χ2n) is 5.92. The van der Waals surface area contributed by atoms with Crippen molar-refractivity contribution in [2.24, 2.45) is 10.8 Å². The SMILES string of the molecule is CC(=O)ON1N=C(c2cccc(F)c2)SC1(CCCN)c1ccccc1. The van der Waals surface area contributed by atoms with Crippen LogP contribution in [-0.4, -0.2) is 22.7 Å². The fourth-order valence-electron chi connectivity index (χ4n) is 2.84. The van der Waals surface area contributed by atoms with Crippen LogP contribution in [-0.2, 0) is 14.5 Å². The molecule has 1 aliphatic heterocycles. The third-order valence-corrected chi connectivity index (χ3v) is 5.43. The van der Waals surface area contributed by atoms with Crippen LogP contribution in [0.5, 0.6) is 0 Å². The van der Waals surface area contributed by atoms with E-state index in [1.54, 1.807) is 12.1 Å². The van der Waals surface area contributed by atoms with E-state index in [2.05, 4.69) is 5.10 Å². The molecule has 136 valence electrons. The number of rotatable bonds is 6. The minimum Gasteiger partial charge on any atom is -0.330 e. The number of halogens is 1. The number of thioether (sulfide) groups is 1. The molecule has 2 N–H and O–H groups in total. The quantitative estimate of drug-likeness (QED) is 0.838. The summed E-state index contributed by atoms with van der Waals surface area (Å²) in [5.41, 5.74) is 7.31. The van der Waals surface area contributed by atoms with E-state index >= 15 is 0 Å². The summed E-state index contributed by atoms with van der Waals surface area (Å²) < 4.78 is 13.7. The van der Waals surface area contributed by atoms with Gasteiger partial charge >= 0.3 is 5.97 Å². The molecule has 0 spiro atoms. The zero-order valence-corrected chi connectivity index (χ0v) is 15.2. The first kappa shape index (κ1) is 18.4. The first-order chi connectivity index (χ1) is 12.5. The minimum atomic E-state index is -0.742. The van der Waals surface area contributed by atoms with E-state index in [1.165, 1.54) is 36.0 Å². The Hall–Kier alpha value is -2.38. The molecule has 0 saturated carbocycles. The van der Waals surface area contributed by atoms with E-state index < -0.39 is 10.8 Å². The van der Waals surface area contributed by atoms with Crippen molar-refractivity contribution in [3.63, 3.8) is 0 Å². The standard InChI is InChI=1S/C19H20FN3O2S/c1-14(24)25-23-19(11-6-12-21,16-8-3-2-4-9-16)26-18(22-23)15-7-5-10-17(20)13-15/h2-5,7-10,13H,6,11-12,21H2,1H3. The predicted octanol–water partition coefficient (Wildman–Crippen LogP) is 3.61. The molecular formula is C19H20FN3O2S. The maximum absolute atomic E-state index is 13.7. The van der Waals surface area contributed by atoms with Gasteiger partial charge in [-0.25, -0.2) is 9.18 Å². The van der Waals surface area contributed by atoms with Gasteiger partial charge in [0.25, 0.3) is 0 Å². The van der Waals surface area contributed by atoms with Gasteiger partial charge < -0.3 is 10.6 Å². The fraction of sp³-hybridized carbons (Fsp3) is 0.263. The van der Waals surface area contributed by atoms with Crippen LogP contribution in [0.15, 0.2) is 59.7 Å². The Bertz CT molecular complexity index is 815. The highest BCUT2D eigenvalue weighted by Crippen LogP contribution is 2.50. The molecule has 5 nitrogen and oxygen atoms in total. The number of hydrogen-bond donors (Lipinski definition) is 1. The molecule has 0 bridgehead atoms. The average Bonchev–Trinajstić information content (AvgIpc) is 2.99. The minimum absolute atomic E-state index is 0.344. The molecule has 0 aromatic heterocycles. The van der Waals surface area contributed by atoms with Crippen molar-refractivity contribution in [3.8, 4) is 0 Å². The molecule has 0 aliphatic carbocycles. The molecule has 1 aliphatic rings. The van der Waals surface area contributed by atoms with E-state index in [0.717, 1.165) is 5.56 Å². The Morgan fingerprint density at radius 3 is 2.69 bits per heavy atom. The highest BCUT2D eigenvalue weighted by atomic mass is 32.2. The molecule has 0 amide bonds. The number of carbonyl (C=O) groups excluding carboxylic acids is 1. The summed E-state index contributed by atoms with van der Waals surface area (Å²) in [5, 5.41) is 6.41. The van der Waals surface area contributed by atoms with Gasteiger partial charge in [-0.15, -0.1) is 10.3 Å². The Morgan fingerprint density at radius 1 is 1.27 bits per heavy atom. The molecule has 0 saturated heterocycles. The summed E-state index contributed by atoms with van der Waals surface area (Å²) in [6, 6.07) is 15.9. The van der Waals surface area contributed by atoms with E-state index in [9.17, 15) is 9.18 Å². The maximum Gasteiger partial charge on any atom is 0.331 e. The lowest BCUT2D eigenvalue weighted by Crippen LogP contribution is -2.39. The van der Waals surface area contributed by atoms with Gasteiger partial charge in [-0.3, -0.25) is 0 Å². The largest absolute Gasteiger partial charge is 0.331 e. The van der Waals surface area contributed by atoms with Gasteiger partial charge in [0.1, 0.15) is 10.9 Å². The number of hydroxylamine groups is 1. The topological polar surface area (TPSA) is 67.9 Å². The first-order valence-corrected chi connectivity index (χ1v) is 9.15. The lowest BCUT2D eigenvalue weighted by atomic mass is 10.0. The second kappa shape index (κ2) is 7.88. The molecule has 0 fully saturated rings. The number of carbonyl (C=O) groups is 1. The second-order valence-corrected chi connectivity index (χ2v) is 7.18.